The van der Waals surface area contributed by atoms with E-state index in [-0.39, 0.29) is 10.8 Å². The highest BCUT2D eigenvalue weighted by atomic mass is 15.2. The van der Waals surface area contributed by atoms with E-state index in [4.69, 9.17) is 0 Å². The monoisotopic (exact) mass is 894 g/mol. The van der Waals surface area contributed by atoms with Gasteiger partial charge in [-0.1, -0.05) is 191 Å². The van der Waals surface area contributed by atoms with Crippen molar-refractivity contribution in [2.75, 3.05) is 9.80 Å². The van der Waals surface area contributed by atoms with Gasteiger partial charge in [0.1, 0.15) is 0 Å². The molecule has 2 aliphatic rings. The first-order chi connectivity index (χ1) is 34.2. The molecule has 0 bridgehead atoms. The number of hydrogen-bond acceptors (Lipinski definition) is 2. The fourth-order valence-corrected chi connectivity index (χ4v) is 12.4. The molecule has 12 aromatic carbocycles. The number of fused-ring (bicyclic) bond motifs is 12. The third kappa shape index (κ3) is 5.93. The first-order valence-corrected chi connectivity index (χ1v) is 24.7. The average Bonchev–Trinajstić information content (AvgIpc) is 3.76. The van der Waals surface area contributed by atoms with E-state index < -0.39 is 0 Å². The quantitative estimate of drug-likeness (QED) is 0.164. The Kier molecular flexibility index (Phi) is 8.71. The van der Waals surface area contributed by atoms with E-state index in [0.717, 1.165) is 17.1 Å². The van der Waals surface area contributed by atoms with Gasteiger partial charge in [0.2, 0.25) is 0 Å². The molecule has 2 nitrogen and oxygen atoms in total. The highest BCUT2D eigenvalue weighted by molar-refractivity contribution is 6.13. The maximum atomic E-state index is 2.57. The van der Waals surface area contributed by atoms with Crippen LogP contribution in [-0.4, -0.2) is 0 Å². The average molecular weight is 895 g/mol. The minimum Gasteiger partial charge on any atom is -0.310 e. The van der Waals surface area contributed by atoms with Crippen molar-refractivity contribution in [3.05, 3.63) is 253 Å². The van der Waals surface area contributed by atoms with Gasteiger partial charge in [0, 0.05) is 44.1 Å². The number of rotatable bonds is 6. The third-order valence-electron chi connectivity index (χ3n) is 15.9. The van der Waals surface area contributed by atoms with Gasteiger partial charge in [0.15, 0.2) is 0 Å². The van der Waals surface area contributed by atoms with Gasteiger partial charge >= 0.3 is 0 Å². The summed E-state index contributed by atoms with van der Waals surface area (Å²) in [5.74, 6) is 0. The van der Waals surface area contributed by atoms with Gasteiger partial charge in [-0.2, -0.15) is 0 Å². The normalized spacial score (nSPS) is 13.9. The summed E-state index contributed by atoms with van der Waals surface area (Å²) in [6.07, 6.45) is 0. The van der Waals surface area contributed by atoms with Crippen molar-refractivity contribution in [2.24, 2.45) is 0 Å². The zero-order valence-corrected chi connectivity index (χ0v) is 39.8. The van der Waals surface area contributed by atoms with E-state index in [9.17, 15) is 0 Å². The molecule has 0 saturated heterocycles. The summed E-state index contributed by atoms with van der Waals surface area (Å²) in [6.45, 7) is 9.74. The molecule has 0 amide bonds. The molecule has 0 spiro atoms. The van der Waals surface area contributed by atoms with Crippen molar-refractivity contribution in [3.8, 4) is 22.3 Å². The Hall–Kier alpha value is -8.46. The van der Waals surface area contributed by atoms with Crippen molar-refractivity contribution >= 4 is 88.0 Å². The largest absolute Gasteiger partial charge is 0.310 e. The molecular formula is C68H50N2. The van der Waals surface area contributed by atoms with Crippen LogP contribution in [0.15, 0.2) is 231 Å². The van der Waals surface area contributed by atoms with Crippen LogP contribution in [0, 0.1) is 0 Å². The maximum Gasteiger partial charge on any atom is 0.0543 e. The van der Waals surface area contributed by atoms with E-state index in [2.05, 4.69) is 268 Å². The Balaban J connectivity index is 0.944. The number of anilines is 6. The lowest BCUT2D eigenvalue weighted by molar-refractivity contribution is 0.652. The van der Waals surface area contributed by atoms with Crippen LogP contribution in [-0.2, 0) is 10.8 Å². The molecule has 2 heteroatoms. The van der Waals surface area contributed by atoms with Crippen LogP contribution in [0.4, 0.5) is 34.1 Å². The molecule has 0 heterocycles. The molecular weight excluding hydrogens is 845 g/mol. The molecule has 0 fully saturated rings. The summed E-state index contributed by atoms with van der Waals surface area (Å²) in [6, 6.07) is 86.1. The first-order valence-electron chi connectivity index (χ1n) is 24.7. The third-order valence-corrected chi connectivity index (χ3v) is 15.9. The van der Waals surface area contributed by atoms with E-state index >= 15 is 0 Å². The van der Waals surface area contributed by atoms with Crippen LogP contribution in [0.5, 0.6) is 0 Å². The molecule has 70 heavy (non-hydrogen) atoms. The molecule has 2 aliphatic carbocycles. The topological polar surface area (TPSA) is 6.48 Å². The Labute approximate surface area is 409 Å². The van der Waals surface area contributed by atoms with Crippen LogP contribution in [0.1, 0.15) is 49.9 Å². The van der Waals surface area contributed by atoms with Gasteiger partial charge in [-0.05, 0) is 149 Å². The molecule has 14 rings (SSSR count). The van der Waals surface area contributed by atoms with Crippen molar-refractivity contribution < 1.29 is 0 Å². The summed E-state index contributed by atoms with van der Waals surface area (Å²) < 4.78 is 0. The van der Waals surface area contributed by atoms with Crippen molar-refractivity contribution in [1.29, 1.82) is 0 Å². The highest BCUT2D eigenvalue weighted by Gasteiger charge is 2.43. The lowest BCUT2D eigenvalue weighted by atomic mass is 9.79. The molecule has 0 aliphatic heterocycles. The molecule has 0 saturated carbocycles. The second-order valence-corrected chi connectivity index (χ2v) is 20.5. The molecule has 12 aromatic rings. The smallest absolute Gasteiger partial charge is 0.0543 e. The van der Waals surface area contributed by atoms with Gasteiger partial charge in [-0.15, -0.1) is 0 Å². The SMILES string of the molecule is CC1(C)c2cc(N(c3ccc4ccccc4c3)c3cccc4ccccc34)ccc2-c2cc3c(cc21)-c1c(cc(N(c2ccc4ccccc4c2)c2cccc4ccccc24)c2ccccc12)C3(C)C. The molecule has 0 aromatic heterocycles. The Morgan fingerprint density at radius 3 is 1.31 bits per heavy atom. The second-order valence-electron chi connectivity index (χ2n) is 20.5. The predicted molar refractivity (Wildman–Crippen MR) is 298 cm³/mol. The summed E-state index contributed by atoms with van der Waals surface area (Å²) >= 11 is 0. The van der Waals surface area contributed by atoms with Crippen molar-refractivity contribution in [1.82, 2.24) is 0 Å². The molecule has 0 atom stereocenters. The van der Waals surface area contributed by atoms with E-state index in [1.165, 1.54) is 115 Å². The maximum absolute atomic E-state index is 2.57. The Bertz CT molecular complexity index is 4140. The number of hydrogen-bond donors (Lipinski definition) is 0. The minimum absolute atomic E-state index is 0.257. The fraction of sp³-hybridized carbons (Fsp3) is 0.0882. The van der Waals surface area contributed by atoms with Crippen LogP contribution in [0.2, 0.25) is 0 Å². The van der Waals surface area contributed by atoms with E-state index in [0.29, 0.717) is 0 Å². The second kappa shape index (κ2) is 15.0. The van der Waals surface area contributed by atoms with Gasteiger partial charge in [0.25, 0.3) is 0 Å². The molecule has 0 radical (unpaired) electrons. The first kappa shape index (κ1) is 40.6. The number of nitrogens with zero attached hydrogens (tertiary/aromatic N) is 2. The van der Waals surface area contributed by atoms with Crippen LogP contribution in [0.25, 0.3) is 76.1 Å². The lowest BCUT2D eigenvalue weighted by Gasteiger charge is -2.31. The molecule has 332 valence electrons. The summed E-state index contributed by atoms with van der Waals surface area (Å²) in [4.78, 5) is 4.99. The predicted octanol–water partition coefficient (Wildman–Crippen LogP) is 19.0. The van der Waals surface area contributed by atoms with Gasteiger partial charge < -0.3 is 9.80 Å². The Morgan fingerprint density at radius 1 is 0.257 bits per heavy atom. The lowest BCUT2D eigenvalue weighted by Crippen LogP contribution is -2.18. The van der Waals surface area contributed by atoms with Crippen LogP contribution >= 0.6 is 0 Å². The van der Waals surface area contributed by atoms with Gasteiger partial charge in [0.05, 0.1) is 17.1 Å². The van der Waals surface area contributed by atoms with E-state index in [1.807, 2.05) is 0 Å². The summed E-state index contributed by atoms with van der Waals surface area (Å²) in [5, 5.41) is 12.4. The van der Waals surface area contributed by atoms with Crippen LogP contribution in [0.3, 0.4) is 0 Å². The van der Waals surface area contributed by atoms with Crippen LogP contribution < -0.4 is 9.80 Å². The van der Waals surface area contributed by atoms with E-state index in [1.54, 1.807) is 0 Å². The zero-order valence-electron chi connectivity index (χ0n) is 39.8. The highest BCUT2D eigenvalue weighted by Crippen LogP contribution is 2.60. The minimum atomic E-state index is -0.277. The Morgan fingerprint density at radius 2 is 0.686 bits per heavy atom. The van der Waals surface area contributed by atoms with Crippen molar-refractivity contribution in [3.63, 3.8) is 0 Å². The summed E-state index contributed by atoms with van der Waals surface area (Å²) in [5.41, 5.74) is 17.3. The molecule has 0 unspecified atom stereocenters. The summed E-state index contributed by atoms with van der Waals surface area (Å²) in [7, 11) is 0. The number of benzene rings is 12. The van der Waals surface area contributed by atoms with Gasteiger partial charge in [-0.25, -0.2) is 0 Å². The fourth-order valence-electron chi connectivity index (χ4n) is 12.4. The zero-order chi connectivity index (χ0) is 46.9. The van der Waals surface area contributed by atoms with Crippen molar-refractivity contribution in [2.45, 2.75) is 38.5 Å². The standard InChI is InChI=1S/C68H50N2/c1-67(2)59-39-51(69(49-33-31-43-17-5-7-21-47(43)37-49)63-29-15-23-45-19-9-11-25-52(45)63)35-36-54(59)57-40-61-58(41-60(57)67)66-56-28-14-13-27-55(56)65(42-62(66)68(61,3)4)70(50-34-32-44-18-6-8-22-48(44)38-50)64-30-16-24-46-20-10-12-26-53(46)64/h5-42H,1-4H3. The van der Waals surface area contributed by atoms with Gasteiger partial charge in [-0.3, -0.25) is 0 Å². The molecule has 0 N–H and O–H groups in total.